The minimum absolute atomic E-state index is 0.0487. The molecular weight excluding hydrogens is 540 g/mol. The number of hydrogen-bond acceptors (Lipinski definition) is 6. The van der Waals surface area contributed by atoms with Gasteiger partial charge in [-0.1, -0.05) is 69.5 Å². The van der Waals surface area contributed by atoms with Crippen molar-refractivity contribution < 1.29 is 25.2 Å². The zero-order valence-corrected chi connectivity index (χ0v) is 22.2. The van der Waals surface area contributed by atoms with Gasteiger partial charge in [-0.3, -0.25) is 8.37 Å². The highest BCUT2D eigenvalue weighted by Crippen LogP contribution is 2.31. The SMILES string of the molecule is Cc1ccc(S(=O)(=O)OCCC(CCOS(=O)(=O)c2ccc(C)cc2)c2ccccc2Br)cc1. The van der Waals surface area contributed by atoms with Gasteiger partial charge in [0.05, 0.1) is 23.0 Å². The summed E-state index contributed by atoms with van der Waals surface area (Å²) in [4.78, 5) is 0.200. The fourth-order valence-electron chi connectivity index (χ4n) is 3.41. The Hall–Kier alpha value is -2.04. The molecule has 3 aromatic rings. The van der Waals surface area contributed by atoms with Crippen LogP contribution in [0.5, 0.6) is 0 Å². The molecule has 0 saturated heterocycles. The molecule has 0 unspecified atom stereocenters. The van der Waals surface area contributed by atoms with Crippen LogP contribution in [0, 0.1) is 13.8 Å². The molecule has 0 heterocycles. The van der Waals surface area contributed by atoms with Crippen LogP contribution < -0.4 is 0 Å². The average Bonchev–Trinajstić information content (AvgIpc) is 2.79. The summed E-state index contributed by atoms with van der Waals surface area (Å²) in [5.41, 5.74) is 2.83. The summed E-state index contributed by atoms with van der Waals surface area (Å²) in [7, 11) is -7.77. The van der Waals surface area contributed by atoms with Gasteiger partial charge in [-0.15, -0.1) is 0 Å². The predicted octanol–water partition coefficient (Wildman–Crippen LogP) is 5.74. The molecule has 9 heteroatoms. The predicted molar refractivity (Wildman–Crippen MR) is 135 cm³/mol. The van der Waals surface area contributed by atoms with Crippen molar-refractivity contribution in [3.05, 3.63) is 94.0 Å². The van der Waals surface area contributed by atoms with Crippen LogP contribution >= 0.6 is 15.9 Å². The Morgan fingerprint density at radius 2 is 1.09 bits per heavy atom. The van der Waals surface area contributed by atoms with Crippen LogP contribution in [0.3, 0.4) is 0 Å². The molecule has 182 valence electrons. The number of aryl methyl sites for hydroxylation is 2. The van der Waals surface area contributed by atoms with Crippen molar-refractivity contribution in [3.8, 4) is 0 Å². The minimum Gasteiger partial charge on any atom is -0.266 e. The second-order valence-corrected chi connectivity index (χ2v) is 12.1. The molecule has 0 saturated carbocycles. The molecule has 0 aliphatic heterocycles. The van der Waals surface area contributed by atoms with E-state index in [9.17, 15) is 16.8 Å². The Bertz CT molecular complexity index is 1220. The van der Waals surface area contributed by atoms with E-state index in [-0.39, 0.29) is 28.9 Å². The van der Waals surface area contributed by atoms with Crippen LogP contribution in [0.4, 0.5) is 0 Å². The molecule has 3 rings (SSSR count). The maximum atomic E-state index is 12.5. The third-order valence-electron chi connectivity index (χ3n) is 5.37. The molecule has 34 heavy (non-hydrogen) atoms. The molecule has 6 nitrogen and oxygen atoms in total. The Kier molecular flexibility index (Phi) is 9.06. The van der Waals surface area contributed by atoms with Crippen molar-refractivity contribution >= 4 is 36.2 Å². The third-order valence-corrected chi connectivity index (χ3v) is 8.75. The highest BCUT2D eigenvalue weighted by atomic mass is 79.9. The molecule has 0 spiro atoms. The minimum atomic E-state index is -3.89. The van der Waals surface area contributed by atoms with Crippen LogP contribution in [-0.2, 0) is 28.6 Å². The Balaban J connectivity index is 1.66. The molecule has 0 aliphatic carbocycles. The topological polar surface area (TPSA) is 86.7 Å². The van der Waals surface area contributed by atoms with Crippen LogP contribution in [-0.4, -0.2) is 30.0 Å². The number of rotatable bonds is 11. The van der Waals surface area contributed by atoms with E-state index in [1.807, 2.05) is 38.1 Å². The van der Waals surface area contributed by atoms with E-state index in [1.165, 1.54) is 24.3 Å². The average molecular weight is 568 g/mol. The fourth-order valence-corrected chi connectivity index (χ4v) is 5.86. The summed E-state index contributed by atoms with van der Waals surface area (Å²) in [6, 6.07) is 20.5. The molecule has 0 fully saturated rings. The summed E-state index contributed by atoms with van der Waals surface area (Å²) in [5, 5.41) is 0. The molecule has 0 N–H and O–H groups in total. The van der Waals surface area contributed by atoms with Crippen LogP contribution in [0.2, 0.25) is 0 Å². The van der Waals surface area contributed by atoms with E-state index in [0.717, 1.165) is 21.2 Å². The Labute approximate surface area is 210 Å². The van der Waals surface area contributed by atoms with E-state index >= 15 is 0 Å². The highest BCUT2D eigenvalue weighted by molar-refractivity contribution is 9.10. The third kappa shape index (κ3) is 7.23. The first-order valence-electron chi connectivity index (χ1n) is 10.7. The van der Waals surface area contributed by atoms with Gasteiger partial charge in [-0.05, 0) is 68.5 Å². The van der Waals surface area contributed by atoms with Gasteiger partial charge in [0.2, 0.25) is 0 Å². The summed E-state index contributed by atoms with van der Waals surface area (Å²) >= 11 is 3.53. The Morgan fingerprint density at radius 3 is 1.50 bits per heavy atom. The quantitative estimate of drug-likeness (QED) is 0.275. The van der Waals surface area contributed by atoms with Crippen molar-refractivity contribution in [1.29, 1.82) is 0 Å². The normalized spacial score (nSPS) is 12.2. The molecule has 3 aromatic carbocycles. The van der Waals surface area contributed by atoms with Gasteiger partial charge in [-0.2, -0.15) is 16.8 Å². The molecule has 0 atom stereocenters. The van der Waals surface area contributed by atoms with Gasteiger partial charge in [0.1, 0.15) is 0 Å². The number of hydrogen-bond donors (Lipinski definition) is 0. The molecule has 0 aromatic heterocycles. The van der Waals surface area contributed by atoms with Crippen LogP contribution in [0.25, 0.3) is 0 Å². The van der Waals surface area contributed by atoms with Crippen LogP contribution in [0.1, 0.15) is 35.4 Å². The number of benzene rings is 3. The van der Waals surface area contributed by atoms with Gasteiger partial charge >= 0.3 is 0 Å². The van der Waals surface area contributed by atoms with Crippen molar-refractivity contribution in [2.45, 2.75) is 42.4 Å². The van der Waals surface area contributed by atoms with Gasteiger partial charge in [0.15, 0.2) is 0 Å². The second kappa shape index (κ2) is 11.6. The van der Waals surface area contributed by atoms with Crippen molar-refractivity contribution in [1.82, 2.24) is 0 Å². The standard InChI is InChI=1S/C25H27BrO6S2/c1-19-7-11-22(12-8-19)33(27,28)31-17-15-21(24-5-3-4-6-25(24)26)16-18-32-34(29,30)23-13-9-20(2)10-14-23/h3-14,21H,15-18H2,1-2H3. The lowest BCUT2D eigenvalue weighted by Gasteiger charge is -2.19. The van der Waals surface area contributed by atoms with Gasteiger partial charge in [0.25, 0.3) is 20.2 Å². The number of halogens is 1. The zero-order valence-electron chi connectivity index (χ0n) is 19.0. The van der Waals surface area contributed by atoms with E-state index in [4.69, 9.17) is 8.37 Å². The first-order valence-corrected chi connectivity index (χ1v) is 14.4. The molecular formula is C25H27BrO6S2. The van der Waals surface area contributed by atoms with Crippen LogP contribution in [0.15, 0.2) is 87.1 Å². The largest absolute Gasteiger partial charge is 0.296 e. The maximum absolute atomic E-state index is 12.5. The van der Waals surface area contributed by atoms with E-state index < -0.39 is 20.2 Å². The van der Waals surface area contributed by atoms with E-state index in [2.05, 4.69) is 15.9 Å². The fraction of sp³-hybridized carbons (Fsp3) is 0.280. The molecule has 0 amide bonds. The van der Waals surface area contributed by atoms with Crippen molar-refractivity contribution in [3.63, 3.8) is 0 Å². The monoisotopic (exact) mass is 566 g/mol. The summed E-state index contributed by atoms with van der Waals surface area (Å²) in [5.74, 6) is -0.183. The van der Waals surface area contributed by atoms with Gasteiger partial charge < -0.3 is 0 Å². The second-order valence-electron chi connectivity index (χ2n) is 7.97. The Morgan fingerprint density at radius 1 is 0.676 bits per heavy atom. The first kappa shape index (κ1) is 26.6. The first-order chi connectivity index (χ1) is 16.1. The summed E-state index contributed by atoms with van der Waals surface area (Å²) < 4.78 is 61.5. The van der Waals surface area contributed by atoms with Gasteiger partial charge in [-0.25, -0.2) is 0 Å². The summed E-state index contributed by atoms with van der Waals surface area (Å²) in [6.07, 6.45) is 0.725. The van der Waals surface area contributed by atoms with E-state index in [0.29, 0.717) is 12.8 Å². The smallest absolute Gasteiger partial charge is 0.266 e. The zero-order chi connectivity index (χ0) is 24.8. The lowest BCUT2D eigenvalue weighted by atomic mass is 9.93. The molecule has 0 radical (unpaired) electrons. The lowest BCUT2D eigenvalue weighted by molar-refractivity contribution is 0.268. The maximum Gasteiger partial charge on any atom is 0.296 e. The van der Waals surface area contributed by atoms with Crippen molar-refractivity contribution in [2.24, 2.45) is 0 Å². The molecule has 0 aliphatic rings. The highest BCUT2D eigenvalue weighted by Gasteiger charge is 2.21. The molecule has 0 bridgehead atoms. The van der Waals surface area contributed by atoms with E-state index in [1.54, 1.807) is 24.3 Å². The summed E-state index contributed by atoms with van der Waals surface area (Å²) in [6.45, 7) is 3.65. The van der Waals surface area contributed by atoms with Crippen molar-refractivity contribution in [2.75, 3.05) is 13.2 Å². The lowest BCUT2D eigenvalue weighted by Crippen LogP contribution is -2.14. The van der Waals surface area contributed by atoms with Gasteiger partial charge in [0, 0.05) is 4.47 Å².